The van der Waals surface area contributed by atoms with Crippen LogP contribution in [0, 0.1) is 11.8 Å². The third-order valence-electron chi connectivity index (χ3n) is 21.9. The molecular formula is C93H139N17O19. The molecule has 12 unspecified atom stereocenters. The number of primary amides is 1. The second kappa shape index (κ2) is 59.3. The smallest absolute Gasteiger partial charge is 0.303 e. The molecule has 0 spiro atoms. The summed E-state index contributed by atoms with van der Waals surface area (Å²) in [6.45, 7) is 8.17. The first-order chi connectivity index (χ1) is 61.7. The third kappa shape index (κ3) is 41.0. The van der Waals surface area contributed by atoms with Gasteiger partial charge in [0.25, 0.3) is 0 Å². The lowest BCUT2D eigenvalue weighted by Gasteiger charge is -2.29. The van der Waals surface area contributed by atoms with Gasteiger partial charge >= 0.3 is 5.97 Å². The Hall–Kier alpha value is -11.9. The van der Waals surface area contributed by atoms with E-state index in [0.29, 0.717) is 52.4 Å². The molecule has 36 heteroatoms. The quantitative estimate of drug-likeness (QED) is 0.0249. The number of aliphatic hydroxyl groups excluding tert-OH is 2. The van der Waals surface area contributed by atoms with Crippen LogP contribution in [0.3, 0.4) is 0 Å². The number of rotatable bonds is 64. The summed E-state index contributed by atoms with van der Waals surface area (Å²) >= 11 is 0. The van der Waals surface area contributed by atoms with E-state index in [-0.39, 0.29) is 89.0 Å². The van der Waals surface area contributed by atoms with Crippen LogP contribution in [0.4, 0.5) is 0 Å². The Balaban J connectivity index is 1.34. The van der Waals surface area contributed by atoms with Gasteiger partial charge in [0.05, 0.1) is 25.8 Å². The summed E-state index contributed by atoms with van der Waals surface area (Å²) in [5.74, 6) is -15.0. The minimum absolute atomic E-state index is 0.0414. The third-order valence-corrected chi connectivity index (χ3v) is 21.9. The number of hydrogen-bond acceptors (Lipinski definition) is 20. The highest BCUT2D eigenvalue weighted by Gasteiger charge is 2.38. The molecule has 5 rings (SSSR count). The van der Waals surface area contributed by atoms with E-state index < -0.39 is 200 Å². The molecule has 24 N–H and O–H groups in total. The Morgan fingerprint density at radius 3 is 1.28 bits per heavy atom. The van der Waals surface area contributed by atoms with Crippen LogP contribution >= 0.6 is 0 Å². The van der Waals surface area contributed by atoms with Crippen molar-refractivity contribution < 1.29 is 92.3 Å². The van der Waals surface area contributed by atoms with Crippen LogP contribution in [-0.2, 0) is 97.6 Å². The van der Waals surface area contributed by atoms with E-state index in [4.69, 9.17) is 17.2 Å². The number of carboxylic acids is 1. The minimum atomic E-state index is -1.73. The molecule has 14 amide bonds. The van der Waals surface area contributed by atoms with Crippen molar-refractivity contribution in [2.45, 2.75) is 287 Å². The van der Waals surface area contributed by atoms with Gasteiger partial charge in [-0.2, -0.15) is 0 Å². The lowest BCUT2D eigenvalue weighted by molar-refractivity contribution is -0.139. The van der Waals surface area contributed by atoms with Crippen LogP contribution < -0.4 is 86.3 Å². The van der Waals surface area contributed by atoms with Crippen molar-refractivity contribution in [2.24, 2.45) is 29.0 Å². The van der Waals surface area contributed by atoms with Gasteiger partial charge in [-0.25, -0.2) is 0 Å². The van der Waals surface area contributed by atoms with Gasteiger partial charge in [0.2, 0.25) is 82.7 Å². The van der Waals surface area contributed by atoms with Crippen LogP contribution in [0.5, 0.6) is 5.75 Å². The predicted molar refractivity (Wildman–Crippen MR) is 487 cm³/mol. The number of phenols is 1. The summed E-state index contributed by atoms with van der Waals surface area (Å²) in [5, 5.41) is 75.7. The van der Waals surface area contributed by atoms with E-state index in [1.54, 1.807) is 119 Å². The fourth-order valence-corrected chi connectivity index (χ4v) is 14.6. The van der Waals surface area contributed by atoms with Crippen molar-refractivity contribution in [1.82, 2.24) is 74.1 Å². The maximum Gasteiger partial charge on any atom is 0.303 e. The van der Waals surface area contributed by atoms with Gasteiger partial charge in [-0.1, -0.05) is 203 Å². The number of phenolic OH excluding ortho intramolecular Hbond substituents is 1. The number of aliphatic carboxylic acids is 1. The normalized spacial score (nSPS) is 14.0. The molecule has 12 atom stereocenters. The highest BCUT2D eigenvalue weighted by molar-refractivity contribution is 6.00. The number of aromatic hydroxyl groups is 1. The van der Waals surface area contributed by atoms with E-state index in [1.165, 1.54) is 82.6 Å². The van der Waals surface area contributed by atoms with Crippen LogP contribution in [0.25, 0.3) is 10.9 Å². The summed E-state index contributed by atoms with van der Waals surface area (Å²) in [6, 6.07) is 13.3. The molecule has 36 nitrogen and oxygen atoms in total. The molecule has 0 fully saturated rings. The fraction of sp³-hybridized carbons (Fsp3) is 0.559. The zero-order valence-corrected chi connectivity index (χ0v) is 75.3. The summed E-state index contributed by atoms with van der Waals surface area (Å²) < 4.78 is 0. The standard InChI is InChI=1S/C93H139N17O19/c1-7-8-9-10-11-12-13-14-15-16-17-18-25-40-77(114)98-55-78(115)101-76(57-111)91(127)104-70(45-46-80(117)118)87(123)103-68(38-28-30-47-94)85(121)102-69(39-29-31-48-95)86(122)107-74(52-63-41-43-65(113)44-42-63)89(125)106-72(49-58(2)3)88(124)108-75(53-64-54-97-67-37-27-26-36-66(64)67)84(120)99-56-79(116)100-73(51-62-34-23-20-24-35-62)90(126)110-82(60(6)112)93(129)109-81(59(4)5)92(128)105-71(83(96)119)50-61-32-21-19-22-33-61/h19-24,26-27,32-37,41-44,54,58-60,68-76,81-82,97,111-113H,7-18,25,28-31,38-40,45-53,55-57,94-95H2,1-6H3,(H2,96,119)(H,98,114)(H,99,120)(H,100,116)(H,101,115)(H,102,121)(H,103,123)(H,104,127)(H,105,128)(H,106,125)(H,107,122)(H,108,124)(H,109,129)(H,110,126)(H,117,118). The van der Waals surface area contributed by atoms with Crippen LogP contribution in [0.2, 0.25) is 0 Å². The first kappa shape index (κ1) is 108. The monoisotopic (exact) mass is 1800 g/mol. The van der Waals surface area contributed by atoms with Gasteiger partial charge < -0.3 is 112 Å². The summed E-state index contributed by atoms with van der Waals surface area (Å²) in [4.78, 5) is 213. The number of carbonyl (C=O) groups excluding carboxylic acids is 14. The van der Waals surface area contributed by atoms with E-state index in [2.05, 4.69) is 81.0 Å². The second-order valence-electron chi connectivity index (χ2n) is 33.6. The molecule has 0 saturated heterocycles. The van der Waals surface area contributed by atoms with Crippen molar-refractivity contribution in [2.75, 3.05) is 32.8 Å². The zero-order chi connectivity index (χ0) is 94.7. The van der Waals surface area contributed by atoms with E-state index >= 15 is 9.59 Å². The number of amides is 14. The molecular weight excluding hydrogens is 1660 g/mol. The number of carboxylic acid groups (broad SMARTS) is 1. The number of benzene rings is 4. The lowest BCUT2D eigenvalue weighted by atomic mass is 9.99. The predicted octanol–water partition coefficient (Wildman–Crippen LogP) is 2.87. The Morgan fingerprint density at radius 1 is 0.380 bits per heavy atom. The Kier molecular flexibility index (Phi) is 49.5. The number of aliphatic hydroxyl groups is 2. The van der Waals surface area contributed by atoms with Crippen molar-refractivity contribution in [1.29, 1.82) is 0 Å². The van der Waals surface area contributed by atoms with Gasteiger partial charge in [0, 0.05) is 55.6 Å². The number of aromatic nitrogens is 1. The summed E-state index contributed by atoms with van der Waals surface area (Å²) in [6.07, 6.45) is 13.7. The van der Waals surface area contributed by atoms with Gasteiger partial charge in [-0.15, -0.1) is 0 Å². The van der Waals surface area contributed by atoms with Crippen LogP contribution in [0.15, 0.2) is 115 Å². The first-order valence-electron chi connectivity index (χ1n) is 45.2. The molecule has 0 saturated carbocycles. The van der Waals surface area contributed by atoms with Gasteiger partial charge in [0.1, 0.15) is 72.2 Å². The van der Waals surface area contributed by atoms with E-state index in [9.17, 15) is 82.8 Å². The minimum Gasteiger partial charge on any atom is -0.508 e. The van der Waals surface area contributed by atoms with Crippen molar-refractivity contribution in [3.05, 3.63) is 138 Å². The number of carbonyl (C=O) groups is 15. The summed E-state index contributed by atoms with van der Waals surface area (Å²) in [5.41, 5.74) is 20.3. The SMILES string of the molecule is CCCCCCCCCCCCCCCC(=O)NCC(=O)NC(CO)C(=O)NC(CCC(=O)O)C(=O)NC(CCCCN)C(=O)NC(CCCCN)C(=O)NC(Cc1ccc(O)cc1)C(=O)NC(CC(C)C)C(=O)NC(Cc1c[nH]c2ccccc12)C(=O)NCC(=O)NC(Cc1ccccc1)C(=O)NC(C(=O)NC(C(=O)NC(Cc1ccccc1)C(N)=O)C(C)C)C(C)O. The number of hydrogen-bond donors (Lipinski definition) is 21. The second-order valence-corrected chi connectivity index (χ2v) is 33.6. The zero-order valence-electron chi connectivity index (χ0n) is 75.3. The van der Waals surface area contributed by atoms with E-state index in [0.717, 1.165) is 25.7 Å². The molecule has 710 valence electrons. The van der Waals surface area contributed by atoms with Crippen molar-refractivity contribution >= 4 is 99.6 Å². The molecule has 0 aliphatic carbocycles. The van der Waals surface area contributed by atoms with Gasteiger partial charge in [0.15, 0.2) is 0 Å². The molecule has 5 aromatic rings. The highest BCUT2D eigenvalue weighted by Crippen LogP contribution is 2.22. The van der Waals surface area contributed by atoms with Gasteiger partial charge in [-0.3, -0.25) is 71.9 Å². The summed E-state index contributed by atoms with van der Waals surface area (Å²) in [7, 11) is 0. The molecule has 129 heavy (non-hydrogen) atoms. The molecule has 0 aliphatic heterocycles. The highest BCUT2D eigenvalue weighted by atomic mass is 16.4. The average Bonchev–Trinajstić information content (AvgIpc) is 1.74. The molecule has 4 aromatic carbocycles. The number of nitrogens with one attached hydrogen (secondary N) is 14. The molecule has 0 bridgehead atoms. The molecule has 0 radical (unpaired) electrons. The molecule has 1 aromatic heterocycles. The van der Waals surface area contributed by atoms with Gasteiger partial charge in [-0.05, 0) is 130 Å². The number of nitrogens with two attached hydrogens (primary N) is 3. The Labute approximate surface area is 755 Å². The number of fused-ring (bicyclic) bond motifs is 1. The van der Waals surface area contributed by atoms with Crippen molar-refractivity contribution in [3.8, 4) is 5.75 Å². The fourth-order valence-electron chi connectivity index (χ4n) is 14.6. The molecule has 0 aliphatic rings. The number of unbranched alkanes of at least 4 members (excludes halogenated alkanes) is 14. The average molecular weight is 1800 g/mol. The van der Waals surface area contributed by atoms with Crippen LogP contribution in [-0.4, -0.2) is 219 Å². The maximum absolute atomic E-state index is 15.1. The topological polar surface area (TPSA) is 587 Å². The van der Waals surface area contributed by atoms with E-state index in [1.807, 2.05) is 0 Å². The Bertz CT molecular complexity index is 4360. The first-order valence-corrected chi connectivity index (χ1v) is 45.2. The number of para-hydroxylation sites is 1. The lowest BCUT2D eigenvalue weighted by Crippen LogP contribution is -2.62. The maximum atomic E-state index is 15.1. The molecule has 1 heterocycles. The number of aromatic amines is 1. The van der Waals surface area contributed by atoms with Crippen molar-refractivity contribution in [3.63, 3.8) is 0 Å². The van der Waals surface area contributed by atoms with Crippen LogP contribution in [0.1, 0.15) is 211 Å². The Morgan fingerprint density at radius 2 is 0.783 bits per heavy atom. The number of H-pyrrole nitrogens is 1. The largest absolute Gasteiger partial charge is 0.508 e.